The van der Waals surface area contributed by atoms with Gasteiger partial charge >= 0.3 is 0 Å². The third-order valence-corrected chi connectivity index (χ3v) is 10.7. The summed E-state index contributed by atoms with van der Waals surface area (Å²) in [5.41, 5.74) is 0.512. The Balaban J connectivity index is 1.48. The van der Waals surface area contributed by atoms with Crippen molar-refractivity contribution >= 4 is 43.8 Å². The van der Waals surface area contributed by atoms with E-state index in [0.717, 1.165) is 0 Å². The molecule has 0 aliphatic carbocycles. The van der Waals surface area contributed by atoms with Gasteiger partial charge in [-0.1, -0.05) is 30.7 Å². The number of hydrogen-bond donors (Lipinski definition) is 1. The number of anilines is 2. The van der Waals surface area contributed by atoms with Gasteiger partial charge in [-0.15, -0.1) is 0 Å². The first-order valence-electron chi connectivity index (χ1n) is 15.0. The first kappa shape index (κ1) is 33.4. The third-order valence-electron chi connectivity index (χ3n) is 8.05. The quantitative estimate of drug-likeness (QED) is 0.152. The molecular formula is C34H37ClFN3O6S. The van der Waals surface area contributed by atoms with Gasteiger partial charge in [0, 0.05) is 29.1 Å². The monoisotopic (exact) mass is 669 g/mol. The number of methoxy groups -OCH3 is 1. The van der Waals surface area contributed by atoms with E-state index < -0.39 is 32.2 Å². The summed E-state index contributed by atoms with van der Waals surface area (Å²) in [4.78, 5) is 8.98. The number of sulfone groups is 1. The molecule has 0 fully saturated rings. The van der Waals surface area contributed by atoms with Crippen LogP contribution in [-0.4, -0.2) is 42.3 Å². The summed E-state index contributed by atoms with van der Waals surface area (Å²) < 4.78 is 63.7. The molecule has 0 bridgehead atoms. The van der Waals surface area contributed by atoms with Crippen molar-refractivity contribution < 1.29 is 31.8 Å². The van der Waals surface area contributed by atoms with Crippen LogP contribution in [0.1, 0.15) is 51.7 Å². The predicted octanol–water partition coefficient (Wildman–Crippen LogP) is 7.85. The van der Waals surface area contributed by atoms with E-state index in [0.29, 0.717) is 62.9 Å². The van der Waals surface area contributed by atoms with Gasteiger partial charge in [0.05, 0.1) is 29.2 Å². The van der Waals surface area contributed by atoms with Gasteiger partial charge < -0.3 is 24.3 Å². The van der Waals surface area contributed by atoms with Gasteiger partial charge in [-0.25, -0.2) is 22.8 Å². The van der Waals surface area contributed by atoms with Gasteiger partial charge in [-0.3, -0.25) is 0 Å². The Hall–Kier alpha value is -3.93. The highest BCUT2D eigenvalue weighted by Gasteiger charge is 2.47. The molecule has 1 aliphatic heterocycles. The van der Waals surface area contributed by atoms with Crippen molar-refractivity contribution in [2.45, 2.75) is 69.5 Å². The van der Waals surface area contributed by atoms with Gasteiger partial charge in [0.15, 0.2) is 20.9 Å². The normalized spacial score (nSPS) is 17.6. The molecule has 2 heterocycles. The lowest BCUT2D eigenvalue weighted by Gasteiger charge is -2.39. The largest absolute Gasteiger partial charge is 0.496 e. The Morgan fingerprint density at radius 3 is 2.54 bits per heavy atom. The third kappa shape index (κ3) is 6.77. The molecule has 1 aromatic heterocycles. The number of ether oxygens (including phenoxy) is 4. The van der Waals surface area contributed by atoms with Crippen molar-refractivity contribution in [3.8, 4) is 11.5 Å². The van der Waals surface area contributed by atoms with Crippen molar-refractivity contribution in [3.63, 3.8) is 0 Å². The Morgan fingerprint density at radius 2 is 1.89 bits per heavy atom. The van der Waals surface area contributed by atoms with E-state index in [4.69, 9.17) is 30.5 Å². The lowest BCUT2D eigenvalue weighted by molar-refractivity contribution is -0.117. The summed E-state index contributed by atoms with van der Waals surface area (Å²) in [7, 11) is -1.97. The maximum absolute atomic E-state index is 13.6. The molecule has 5 rings (SSSR count). The highest BCUT2D eigenvalue weighted by Crippen LogP contribution is 2.47. The fraction of sp³-hybridized carbons (Fsp3) is 0.353. The molecule has 1 N–H and O–H groups in total. The Kier molecular flexibility index (Phi) is 10.0. The lowest BCUT2D eigenvalue weighted by Crippen LogP contribution is -2.44. The van der Waals surface area contributed by atoms with Crippen LogP contribution in [0, 0.1) is 5.82 Å². The van der Waals surface area contributed by atoms with Crippen molar-refractivity contribution in [2.75, 3.05) is 12.4 Å². The zero-order chi connectivity index (χ0) is 33.1. The number of nitrogens with zero attached hydrogens (tertiary/aromatic N) is 2. The van der Waals surface area contributed by atoms with Gasteiger partial charge in [-0.05, 0) is 75.2 Å². The molecule has 3 atom stereocenters. The van der Waals surface area contributed by atoms with Gasteiger partial charge in [0.1, 0.15) is 42.2 Å². The average Bonchev–Trinajstić information content (AvgIpc) is 3.53. The minimum atomic E-state index is -3.53. The molecule has 12 heteroatoms. The first-order valence-corrected chi connectivity index (χ1v) is 16.9. The van der Waals surface area contributed by atoms with Crippen LogP contribution in [0.25, 0.3) is 10.9 Å². The summed E-state index contributed by atoms with van der Waals surface area (Å²) in [6.45, 7) is 6.93. The van der Waals surface area contributed by atoms with E-state index in [1.165, 1.54) is 18.5 Å². The molecule has 3 aromatic carbocycles. The maximum atomic E-state index is 13.6. The molecule has 0 amide bonds. The van der Waals surface area contributed by atoms with Crippen LogP contribution in [0.2, 0.25) is 5.02 Å². The fourth-order valence-corrected chi connectivity index (χ4v) is 6.82. The summed E-state index contributed by atoms with van der Waals surface area (Å²) in [6, 6.07) is 15.1. The van der Waals surface area contributed by atoms with E-state index in [1.54, 1.807) is 70.5 Å². The highest BCUT2D eigenvalue weighted by molar-refractivity contribution is 7.92. The number of aromatic nitrogens is 2. The average molecular weight is 670 g/mol. The zero-order valence-electron chi connectivity index (χ0n) is 26.3. The molecule has 46 heavy (non-hydrogen) atoms. The fourth-order valence-electron chi connectivity index (χ4n) is 5.53. The second-order valence-corrected chi connectivity index (χ2v) is 14.5. The summed E-state index contributed by atoms with van der Waals surface area (Å²) in [5.74, 6) is 1.13. The highest BCUT2D eigenvalue weighted by atomic mass is 35.5. The van der Waals surface area contributed by atoms with Crippen LogP contribution in [0.15, 0.2) is 73.3 Å². The second-order valence-electron chi connectivity index (χ2n) is 11.3. The molecule has 0 saturated carbocycles. The van der Waals surface area contributed by atoms with Gasteiger partial charge in [0.25, 0.3) is 0 Å². The smallest absolute Gasteiger partial charge is 0.179 e. The van der Waals surface area contributed by atoms with Crippen LogP contribution in [-0.2, 0) is 31.5 Å². The molecule has 0 spiro atoms. The van der Waals surface area contributed by atoms with Crippen LogP contribution in [0.4, 0.5) is 15.9 Å². The minimum Gasteiger partial charge on any atom is -0.496 e. The molecule has 3 unspecified atom stereocenters. The zero-order valence-corrected chi connectivity index (χ0v) is 27.9. The van der Waals surface area contributed by atoms with Crippen molar-refractivity contribution in [1.82, 2.24) is 9.97 Å². The maximum Gasteiger partial charge on any atom is 0.179 e. The van der Waals surface area contributed by atoms with E-state index in [1.807, 2.05) is 19.1 Å². The number of rotatable bonds is 13. The Labute approximate surface area is 273 Å². The molecule has 1 aliphatic rings. The van der Waals surface area contributed by atoms with Gasteiger partial charge in [0.2, 0.25) is 0 Å². The minimum absolute atomic E-state index is 0.161. The van der Waals surface area contributed by atoms with Crippen LogP contribution in [0.5, 0.6) is 11.5 Å². The lowest BCUT2D eigenvalue weighted by atomic mass is 9.83. The van der Waals surface area contributed by atoms with Gasteiger partial charge in [-0.2, -0.15) is 0 Å². The summed E-state index contributed by atoms with van der Waals surface area (Å²) >= 11 is 6.56. The molecular weight excluding hydrogens is 633 g/mol. The van der Waals surface area contributed by atoms with Crippen molar-refractivity contribution in [1.29, 1.82) is 0 Å². The standard InChI is InChI=1S/C34H37ClFN3O6S/c1-6-32(45-22(4)46(40,41)21(2)3)34(13-8-14-44-34)27-17-26-29(18-31(27)42-5)37-20-38-33(26)39-25-11-12-30(28(35)16-25)43-19-23-9-7-10-24(36)15-23/h7-12,14-18,20-22,32H,6,13,19H2,1-5H3,(H,37,38,39). The summed E-state index contributed by atoms with van der Waals surface area (Å²) in [5, 5.41) is 3.76. The number of fused-ring (bicyclic) bond motifs is 1. The van der Waals surface area contributed by atoms with Crippen molar-refractivity contribution in [2.24, 2.45) is 0 Å². The van der Waals surface area contributed by atoms with Crippen LogP contribution < -0.4 is 14.8 Å². The number of nitrogens with one attached hydrogen (secondary N) is 1. The molecule has 0 radical (unpaired) electrons. The van der Waals surface area contributed by atoms with E-state index >= 15 is 0 Å². The Morgan fingerprint density at radius 1 is 1.09 bits per heavy atom. The molecule has 0 saturated heterocycles. The predicted molar refractivity (Wildman–Crippen MR) is 177 cm³/mol. The molecule has 9 nitrogen and oxygen atoms in total. The SMILES string of the molecule is CCC(OC(C)S(=O)(=O)C(C)C)C1(c2cc3c(Nc4ccc(OCc5cccc(F)c5)c(Cl)c4)ncnc3cc2OC)CC=CO1. The van der Waals surface area contributed by atoms with E-state index in [9.17, 15) is 12.8 Å². The van der Waals surface area contributed by atoms with Crippen molar-refractivity contribution in [3.05, 3.63) is 95.2 Å². The Bertz CT molecular complexity index is 1840. The summed E-state index contributed by atoms with van der Waals surface area (Å²) in [6.07, 6.45) is 5.23. The molecule has 4 aromatic rings. The number of benzene rings is 3. The topological polar surface area (TPSA) is 109 Å². The number of hydrogen-bond acceptors (Lipinski definition) is 9. The van der Waals surface area contributed by atoms with E-state index in [-0.39, 0.29) is 12.4 Å². The molecule has 244 valence electrons. The van der Waals surface area contributed by atoms with Crippen LogP contribution in [0.3, 0.4) is 0 Å². The number of halogens is 2. The van der Waals surface area contributed by atoms with Crippen LogP contribution >= 0.6 is 11.6 Å². The second kappa shape index (κ2) is 13.8. The van der Waals surface area contributed by atoms with E-state index in [2.05, 4.69) is 15.3 Å². The first-order chi connectivity index (χ1) is 22.0.